The summed E-state index contributed by atoms with van der Waals surface area (Å²) in [6.07, 6.45) is 2.00. The number of aromatic nitrogens is 1. The second-order valence-corrected chi connectivity index (χ2v) is 8.57. The first kappa shape index (κ1) is 17.1. The van der Waals surface area contributed by atoms with Crippen molar-refractivity contribution in [3.05, 3.63) is 46.2 Å². The number of aromatic amines is 1. The fourth-order valence-corrected chi connectivity index (χ4v) is 4.22. The largest absolute Gasteiger partial charge is 0.322 e. The summed E-state index contributed by atoms with van der Waals surface area (Å²) in [7, 11) is -3.13. The average molecular weight is 349 g/mol. The molecule has 1 aliphatic heterocycles. The van der Waals surface area contributed by atoms with E-state index in [2.05, 4.69) is 10.3 Å². The van der Waals surface area contributed by atoms with Gasteiger partial charge in [-0.2, -0.15) is 0 Å². The first-order valence-corrected chi connectivity index (χ1v) is 9.99. The Balaban J connectivity index is 1.68. The fourth-order valence-electron chi connectivity index (χ4n) is 3.28. The van der Waals surface area contributed by atoms with E-state index in [0.29, 0.717) is 25.2 Å². The van der Waals surface area contributed by atoms with Crippen LogP contribution in [0.5, 0.6) is 0 Å². The summed E-state index contributed by atoms with van der Waals surface area (Å²) in [5, 5.41) is 4.43. The van der Waals surface area contributed by atoms with Crippen molar-refractivity contribution in [2.24, 2.45) is 5.92 Å². The number of rotatable bonds is 4. The Morgan fingerprint density at radius 1 is 1.33 bits per heavy atom. The fraction of sp³-hybridized carbons (Fsp3) is 0.471. The van der Waals surface area contributed by atoms with Gasteiger partial charge in [-0.3, -0.25) is 4.79 Å². The number of H-pyrrole nitrogens is 1. The number of nitrogens with one attached hydrogen (secondary N) is 2. The molecule has 0 aliphatic carbocycles. The molecule has 7 heteroatoms. The quantitative estimate of drug-likeness (QED) is 0.871. The van der Waals surface area contributed by atoms with E-state index in [1.807, 2.05) is 37.3 Å². The van der Waals surface area contributed by atoms with Gasteiger partial charge in [0.15, 0.2) is 0 Å². The SMILES string of the molecule is C[C@@H]1CN(S(C)(=O)=O)CC[C@@H]1NCc1cc2ccccc2[nH]c1=O. The Hall–Kier alpha value is -1.70. The number of para-hydroxylation sites is 1. The number of piperidine rings is 1. The van der Waals surface area contributed by atoms with E-state index in [-0.39, 0.29) is 17.5 Å². The Morgan fingerprint density at radius 2 is 2.08 bits per heavy atom. The molecule has 0 spiro atoms. The molecule has 6 nitrogen and oxygen atoms in total. The van der Waals surface area contributed by atoms with Crippen molar-refractivity contribution < 1.29 is 8.42 Å². The van der Waals surface area contributed by atoms with Crippen LogP contribution in [0, 0.1) is 5.92 Å². The smallest absolute Gasteiger partial charge is 0.252 e. The predicted molar refractivity (Wildman–Crippen MR) is 95.4 cm³/mol. The highest BCUT2D eigenvalue weighted by atomic mass is 32.2. The maximum atomic E-state index is 12.2. The lowest BCUT2D eigenvalue weighted by Crippen LogP contribution is -2.49. The molecule has 1 aliphatic rings. The third-order valence-corrected chi connectivity index (χ3v) is 5.99. The van der Waals surface area contributed by atoms with Gasteiger partial charge >= 0.3 is 0 Å². The average Bonchev–Trinajstić information content (AvgIpc) is 2.53. The number of hydrogen-bond donors (Lipinski definition) is 2. The molecule has 0 saturated carbocycles. The highest BCUT2D eigenvalue weighted by Crippen LogP contribution is 2.19. The maximum absolute atomic E-state index is 12.2. The molecule has 1 aromatic heterocycles. The van der Waals surface area contributed by atoms with E-state index in [4.69, 9.17) is 0 Å². The van der Waals surface area contributed by atoms with E-state index < -0.39 is 10.0 Å². The standard InChI is InChI=1S/C17H23N3O3S/c1-12-11-20(24(2,22)23)8-7-15(12)18-10-14-9-13-5-3-4-6-16(13)19-17(14)21/h3-6,9,12,15,18H,7-8,10-11H2,1-2H3,(H,19,21)/t12-,15+/m1/s1. The van der Waals surface area contributed by atoms with Crippen LogP contribution in [-0.2, 0) is 16.6 Å². The highest BCUT2D eigenvalue weighted by molar-refractivity contribution is 7.88. The number of sulfonamides is 1. The third kappa shape index (κ3) is 3.68. The van der Waals surface area contributed by atoms with Gasteiger partial charge in [0.1, 0.15) is 0 Å². The van der Waals surface area contributed by atoms with Gasteiger partial charge in [-0.05, 0) is 29.9 Å². The van der Waals surface area contributed by atoms with Crippen LogP contribution >= 0.6 is 0 Å². The Labute approximate surface area is 141 Å². The summed E-state index contributed by atoms with van der Waals surface area (Å²) < 4.78 is 24.8. The number of pyridine rings is 1. The minimum Gasteiger partial charge on any atom is -0.322 e. The molecule has 2 atom stereocenters. The first-order chi connectivity index (χ1) is 11.3. The molecule has 0 unspecified atom stereocenters. The Morgan fingerprint density at radius 3 is 2.79 bits per heavy atom. The molecule has 2 N–H and O–H groups in total. The van der Waals surface area contributed by atoms with Crippen LogP contribution in [-0.4, -0.2) is 43.1 Å². The first-order valence-electron chi connectivity index (χ1n) is 8.14. The molecule has 1 fully saturated rings. The Kier molecular flexibility index (Phi) is 4.76. The van der Waals surface area contributed by atoms with E-state index in [9.17, 15) is 13.2 Å². The third-order valence-electron chi connectivity index (χ3n) is 4.72. The zero-order chi connectivity index (χ0) is 17.3. The van der Waals surface area contributed by atoms with E-state index >= 15 is 0 Å². The zero-order valence-corrected chi connectivity index (χ0v) is 14.8. The van der Waals surface area contributed by atoms with Crippen molar-refractivity contribution >= 4 is 20.9 Å². The van der Waals surface area contributed by atoms with Gasteiger partial charge in [-0.1, -0.05) is 25.1 Å². The summed E-state index contributed by atoms with van der Waals surface area (Å²) in [5.41, 5.74) is 1.45. The van der Waals surface area contributed by atoms with Crippen LogP contribution < -0.4 is 10.9 Å². The van der Waals surface area contributed by atoms with Crippen molar-refractivity contribution in [2.75, 3.05) is 19.3 Å². The van der Waals surface area contributed by atoms with Gasteiger partial charge in [0, 0.05) is 36.8 Å². The second-order valence-electron chi connectivity index (χ2n) is 6.59. The minimum absolute atomic E-state index is 0.0811. The summed E-state index contributed by atoms with van der Waals surface area (Å²) in [4.78, 5) is 15.1. The van der Waals surface area contributed by atoms with Gasteiger partial charge in [0.2, 0.25) is 10.0 Å². The molecule has 1 aromatic carbocycles. The number of fused-ring (bicyclic) bond motifs is 1. The van der Waals surface area contributed by atoms with Crippen LogP contribution in [0.3, 0.4) is 0 Å². The molecular weight excluding hydrogens is 326 g/mol. The van der Waals surface area contributed by atoms with E-state index in [1.165, 1.54) is 10.6 Å². The van der Waals surface area contributed by atoms with Gasteiger partial charge in [0.05, 0.1) is 6.26 Å². The van der Waals surface area contributed by atoms with Crippen molar-refractivity contribution in [3.63, 3.8) is 0 Å². The lowest BCUT2D eigenvalue weighted by Gasteiger charge is -2.36. The van der Waals surface area contributed by atoms with Gasteiger partial charge in [0.25, 0.3) is 5.56 Å². The number of nitrogens with zero attached hydrogens (tertiary/aromatic N) is 1. The van der Waals surface area contributed by atoms with E-state index in [0.717, 1.165) is 17.3 Å². The molecule has 0 bridgehead atoms. The van der Waals surface area contributed by atoms with Gasteiger partial charge in [-0.15, -0.1) is 0 Å². The van der Waals surface area contributed by atoms with Crippen molar-refractivity contribution in [2.45, 2.75) is 25.9 Å². The predicted octanol–water partition coefficient (Wildman–Crippen LogP) is 1.29. The van der Waals surface area contributed by atoms with Crippen LogP contribution in [0.4, 0.5) is 0 Å². The summed E-state index contributed by atoms with van der Waals surface area (Å²) in [5.74, 6) is 0.202. The molecule has 1 saturated heterocycles. The van der Waals surface area contributed by atoms with Crippen molar-refractivity contribution in [3.8, 4) is 0 Å². The lowest BCUT2D eigenvalue weighted by molar-refractivity contribution is 0.220. The normalized spacial score (nSPS) is 22.8. The summed E-state index contributed by atoms with van der Waals surface area (Å²) in [6, 6.07) is 9.82. The highest BCUT2D eigenvalue weighted by Gasteiger charge is 2.30. The van der Waals surface area contributed by atoms with Crippen LogP contribution in [0.1, 0.15) is 18.9 Å². The monoisotopic (exact) mass is 349 g/mol. The van der Waals surface area contributed by atoms with Crippen molar-refractivity contribution in [1.29, 1.82) is 0 Å². The molecule has 0 amide bonds. The molecular formula is C17H23N3O3S. The summed E-state index contributed by atoms with van der Waals surface area (Å²) in [6.45, 7) is 3.56. The topological polar surface area (TPSA) is 82.3 Å². The zero-order valence-electron chi connectivity index (χ0n) is 14.0. The van der Waals surface area contributed by atoms with Gasteiger partial charge < -0.3 is 10.3 Å². The minimum atomic E-state index is -3.13. The molecule has 3 rings (SSSR count). The maximum Gasteiger partial charge on any atom is 0.252 e. The Bertz CT molecular complexity index is 891. The molecule has 0 radical (unpaired) electrons. The molecule has 130 valence electrons. The molecule has 24 heavy (non-hydrogen) atoms. The molecule has 2 heterocycles. The van der Waals surface area contributed by atoms with Crippen molar-refractivity contribution in [1.82, 2.24) is 14.6 Å². The lowest BCUT2D eigenvalue weighted by atomic mass is 9.95. The number of hydrogen-bond acceptors (Lipinski definition) is 4. The summed E-state index contributed by atoms with van der Waals surface area (Å²) >= 11 is 0. The van der Waals surface area contributed by atoms with Crippen LogP contribution in [0.25, 0.3) is 10.9 Å². The van der Waals surface area contributed by atoms with Crippen LogP contribution in [0.2, 0.25) is 0 Å². The second kappa shape index (κ2) is 6.66. The van der Waals surface area contributed by atoms with Crippen LogP contribution in [0.15, 0.2) is 35.1 Å². The van der Waals surface area contributed by atoms with Gasteiger partial charge in [-0.25, -0.2) is 12.7 Å². The molecule has 2 aromatic rings. The number of benzene rings is 1. The van der Waals surface area contributed by atoms with E-state index in [1.54, 1.807) is 0 Å².